The number of alkyl halides is 3. The van der Waals surface area contributed by atoms with Gasteiger partial charge in [-0.15, -0.1) is 5.10 Å². The summed E-state index contributed by atoms with van der Waals surface area (Å²) in [5, 5.41) is 17.6. The van der Waals surface area contributed by atoms with Crippen LogP contribution in [0.15, 0.2) is 12.3 Å². The van der Waals surface area contributed by atoms with Gasteiger partial charge in [0.2, 0.25) is 11.8 Å². The number of nitrogens with zero attached hydrogens (tertiary/aromatic N) is 4. The molecule has 3 N–H and O–H groups in total. The smallest absolute Gasteiger partial charge is 0.451 e. The molecule has 1 saturated carbocycles. The molecule has 8 nitrogen and oxygen atoms in total. The van der Waals surface area contributed by atoms with Crippen molar-refractivity contribution in [2.24, 2.45) is 5.92 Å². The van der Waals surface area contributed by atoms with Crippen LogP contribution in [0.5, 0.6) is 0 Å². The van der Waals surface area contributed by atoms with Gasteiger partial charge in [0.05, 0.1) is 12.1 Å². The number of aromatic amines is 1. The third-order valence-corrected chi connectivity index (χ3v) is 5.79. The maximum absolute atomic E-state index is 13.0. The van der Waals surface area contributed by atoms with Crippen molar-refractivity contribution in [1.29, 1.82) is 0 Å². The third-order valence-electron chi connectivity index (χ3n) is 5.79. The number of pyridine rings is 1. The first-order valence-corrected chi connectivity index (χ1v) is 11.3. The van der Waals surface area contributed by atoms with E-state index >= 15 is 0 Å². The summed E-state index contributed by atoms with van der Waals surface area (Å²) in [6.45, 7) is 6.72. The zero-order chi connectivity index (χ0) is 24.2. The molecule has 1 aliphatic carbocycles. The number of H-pyrrole nitrogens is 1. The maximum atomic E-state index is 13.0. The number of rotatable bonds is 9. The summed E-state index contributed by atoms with van der Waals surface area (Å²) >= 11 is 0. The largest absolute Gasteiger partial charge is 0.481 e. The number of carbonyl (C=O) groups is 1. The van der Waals surface area contributed by atoms with Gasteiger partial charge in [-0.05, 0) is 36.3 Å². The molecule has 2 aromatic rings. The van der Waals surface area contributed by atoms with E-state index in [2.05, 4.69) is 39.1 Å². The molecule has 0 amide bonds. The van der Waals surface area contributed by atoms with E-state index in [4.69, 9.17) is 5.11 Å². The molecule has 182 valence electrons. The van der Waals surface area contributed by atoms with Crippen molar-refractivity contribution < 1.29 is 23.1 Å². The van der Waals surface area contributed by atoms with E-state index in [-0.39, 0.29) is 24.3 Å². The van der Waals surface area contributed by atoms with Gasteiger partial charge in [0.25, 0.3) is 0 Å². The van der Waals surface area contributed by atoms with Gasteiger partial charge in [-0.1, -0.05) is 40.0 Å². The van der Waals surface area contributed by atoms with E-state index in [1.807, 2.05) is 5.10 Å². The Morgan fingerprint density at radius 2 is 1.97 bits per heavy atom. The summed E-state index contributed by atoms with van der Waals surface area (Å²) in [6, 6.07) is 2.02. The highest BCUT2D eigenvalue weighted by Crippen LogP contribution is 2.35. The van der Waals surface area contributed by atoms with E-state index in [9.17, 15) is 18.0 Å². The molecule has 0 saturated heterocycles. The second-order valence-corrected chi connectivity index (χ2v) is 9.11. The lowest BCUT2D eigenvalue weighted by Crippen LogP contribution is -2.40. The highest BCUT2D eigenvalue weighted by atomic mass is 19.4. The Labute approximate surface area is 191 Å². The summed E-state index contributed by atoms with van der Waals surface area (Å²) < 4.78 is 39.0. The fourth-order valence-corrected chi connectivity index (χ4v) is 4.20. The maximum Gasteiger partial charge on any atom is 0.451 e. The average Bonchev–Trinajstić information content (AvgIpc) is 3.21. The molecule has 33 heavy (non-hydrogen) atoms. The van der Waals surface area contributed by atoms with Crippen LogP contribution >= 0.6 is 0 Å². The second-order valence-electron chi connectivity index (χ2n) is 9.11. The van der Waals surface area contributed by atoms with Crippen molar-refractivity contribution in [3.05, 3.63) is 23.7 Å². The number of anilines is 3. The standard InChI is InChI=1S/C22H31F3N6O2/c1-13(2)12-31(16-7-5-4-6-8-16)19-17(10-15(11-26-19)14(3)9-18(32)33)27-21-28-20(29-30-21)22(23,24)25/h10-11,13-14,16H,4-9,12H2,1-3H3,(H,32,33)(H2,27,28,29,30)/t14-/m1/s1. The van der Waals surface area contributed by atoms with E-state index in [1.54, 1.807) is 19.2 Å². The fraction of sp³-hybridized carbons (Fsp3) is 0.636. The lowest BCUT2D eigenvalue weighted by molar-refractivity contribution is -0.144. The van der Waals surface area contributed by atoms with Crippen LogP contribution in [-0.2, 0) is 11.0 Å². The zero-order valence-corrected chi connectivity index (χ0v) is 19.1. The van der Waals surface area contributed by atoms with Gasteiger partial charge in [0.1, 0.15) is 0 Å². The van der Waals surface area contributed by atoms with Crippen molar-refractivity contribution in [2.75, 3.05) is 16.8 Å². The van der Waals surface area contributed by atoms with Crippen LogP contribution in [-0.4, -0.2) is 43.8 Å². The van der Waals surface area contributed by atoms with E-state index < -0.39 is 18.0 Å². The summed E-state index contributed by atoms with van der Waals surface area (Å²) in [5.74, 6) is -1.72. The van der Waals surface area contributed by atoms with Crippen molar-refractivity contribution in [3.8, 4) is 0 Å². The Morgan fingerprint density at radius 3 is 2.55 bits per heavy atom. The van der Waals surface area contributed by atoms with Crippen LogP contribution in [0, 0.1) is 5.92 Å². The Balaban J connectivity index is 2.01. The Morgan fingerprint density at radius 1 is 1.27 bits per heavy atom. The molecule has 0 spiro atoms. The van der Waals surface area contributed by atoms with Crippen molar-refractivity contribution in [3.63, 3.8) is 0 Å². The molecule has 1 fully saturated rings. The molecule has 2 heterocycles. The Kier molecular flexibility index (Phi) is 7.80. The first kappa shape index (κ1) is 24.8. The molecule has 1 atom stereocenters. The molecule has 0 aromatic carbocycles. The Bertz CT molecular complexity index is 940. The van der Waals surface area contributed by atoms with Crippen LogP contribution in [0.25, 0.3) is 0 Å². The number of halogens is 3. The van der Waals surface area contributed by atoms with Gasteiger partial charge in [-0.2, -0.15) is 18.2 Å². The normalized spacial score (nSPS) is 16.1. The predicted octanol–water partition coefficient (Wildman–Crippen LogP) is 5.34. The van der Waals surface area contributed by atoms with Gasteiger partial charge >= 0.3 is 12.1 Å². The van der Waals surface area contributed by atoms with Gasteiger partial charge in [-0.3, -0.25) is 9.89 Å². The zero-order valence-electron chi connectivity index (χ0n) is 19.1. The van der Waals surface area contributed by atoms with Crippen LogP contribution in [0.1, 0.15) is 76.6 Å². The first-order valence-electron chi connectivity index (χ1n) is 11.3. The third kappa shape index (κ3) is 6.58. The number of nitrogens with one attached hydrogen (secondary N) is 2. The van der Waals surface area contributed by atoms with Crippen LogP contribution in [0.3, 0.4) is 0 Å². The topological polar surface area (TPSA) is 107 Å². The number of hydrogen-bond donors (Lipinski definition) is 3. The minimum Gasteiger partial charge on any atom is -0.481 e. The molecule has 0 unspecified atom stereocenters. The molecule has 0 aliphatic heterocycles. The van der Waals surface area contributed by atoms with Crippen LogP contribution in [0.2, 0.25) is 0 Å². The lowest BCUT2D eigenvalue weighted by Gasteiger charge is -2.37. The van der Waals surface area contributed by atoms with E-state index in [1.165, 1.54) is 6.42 Å². The quantitative estimate of drug-likeness (QED) is 0.456. The van der Waals surface area contributed by atoms with Crippen molar-refractivity contribution in [2.45, 2.75) is 77.4 Å². The summed E-state index contributed by atoms with van der Waals surface area (Å²) in [5.41, 5.74) is 1.13. The molecule has 11 heteroatoms. The first-order chi connectivity index (χ1) is 15.5. The van der Waals surface area contributed by atoms with Crippen LogP contribution < -0.4 is 10.2 Å². The van der Waals surface area contributed by atoms with E-state index in [0.29, 0.717) is 23.0 Å². The Hall–Kier alpha value is -2.85. The van der Waals surface area contributed by atoms with Gasteiger partial charge < -0.3 is 15.3 Å². The molecule has 0 bridgehead atoms. The molecule has 2 aromatic heterocycles. The second kappa shape index (κ2) is 10.4. The molecular formula is C22H31F3N6O2. The fourth-order valence-electron chi connectivity index (χ4n) is 4.20. The number of carboxylic acid groups (broad SMARTS) is 1. The molecule has 0 radical (unpaired) electrons. The highest BCUT2D eigenvalue weighted by molar-refractivity contribution is 5.72. The lowest BCUT2D eigenvalue weighted by atomic mass is 9.93. The number of aliphatic carboxylic acids is 1. The summed E-state index contributed by atoms with van der Waals surface area (Å²) in [6.07, 6.45) is 2.39. The SMILES string of the molecule is CC(C)CN(c1ncc([C@H](C)CC(=O)O)cc1Nc1n[nH]c(C(F)(F)F)n1)C1CCCCC1. The number of carboxylic acids is 1. The minimum absolute atomic E-state index is 0.0856. The monoisotopic (exact) mass is 468 g/mol. The molecular weight excluding hydrogens is 437 g/mol. The number of aromatic nitrogens is 4. The summed E-state index contributed by atoms with van der Waals surface area (Å²) in [4.78, 5) is 21.6. The average molecular weight is 469 g/mol. The summed E-state index contributed by atoms with van der Waals surface area (Å²) in [7, 11) is 0. The van der Waals surface area contributed by atoms with Gasteiger partial charge in [0, 0.05) is 18.8 Å². The van der Waals surface area contributed by atoms with E-state index in [0.717, 1.165) is 32.2 Å². The predicted molar refractivity (Wildman–Crippen MR) is 119 cm³/mol. The van der Waals surface area contributed by atoms with Gasteiger partial charge in [0.15, 0.2) is 5.82 Å². The van der Waals surface area contributed by atoms with Crippen LogP contribution in [0.4, 0.5) is 30.6 Å². The highest BCUT2D eigenvalue weighted by Gasteiger charge is 2.35. The minimum atomic E-state index is -4.64. The van der Waals surface area contributed by atoms with Crippen molar-refractivity contribution in [1.82, 2.24) is 20.2 Å². The van der Waals surface area contributed by atoms with Gasteiger partial charge in [-0.25, -0.2) is 4.98 Å². The molecule has 1 aliphatic rings. The number of hydrogen-bond acceptors (Lipinski definition) is 6. The van der Waals surface area contributed by atoms with Crippen molar-refractivity contribution >= 4 is 23.4 Å². The molecule has 3 rings (SSSR count).